The van der Waals surface area contributed by atoms with Crippen LogP contribution in [-0.2, 0) is 13.2 Å². The van der Waals surface area contributed by atoms with E-state index < -0.39 is 0 Å². The largest absolute Gasteiger partial charge is 0.493 e. The van der Waals surface area contributed by atoms with Gasteiger partial charge in [0.15, 0.2) is 11.5 Å². The average Bonchev–Trinajstić information content (AvgIpc) is 3.43. The number of nitrogens with zero attached hydrogens (tertiary/aromatic N) is 3. The molecule has 0 atom stereocenters. The van der Waals surface area contributed by atoms with Crippen LogP contribution < -0.4 is 19.7 Å². The zero-order valence-electron chi connectivity index (χ0n) is 19.5. The predicted octanol–water partition coefficient (Wildman–Crippen LogP) is 4.13. The molecule has 0 aliphatic heterocycles. The average molecular weight is 471 g/mol. The van der Waals surface area contributed by atoms with Crippen LogP contribution in [0.25, 0.3) is 0 Å². The lowest BCUT2D eigenvalue weighted by atomic mass is 10.1. The molecule has 2 amide bonds. The fourth-order valence-corrected chi connectivity index (χ4v) is 3.63. The first-order valence-electron chi connectivity index (χ1n) is 11.0. The molecule has 35 heavy (non-hydrogen) atoms. The number of ether oxygens (including phenoxy) is 2. The van der Waals surface area contributed by atoms with Gasteiger partial charge < -0.3 is 14.8 Å². The number of nitrogens with one attached hydrogen (secondary N) is 1. The number of carbonyl (C=O) groups is 2. The van der Waals surface area contributed by atoms with Crippen molar-refractivity contribution in [3.63, 3.8) is 0 Å². The van der Waals surface area contributed by atoms with Gasteiger partial charge in [-0.05, 0) is 54.1 Å². The zero-order valence-corrected chi connectivity index (χ0v) is 19.5. The molecule has 0 saturated carbocycles. The summed E-state index contributed by atoms with van der Waals surface area (Å²) in [5, 5.41) is 7.13. The molecule has 8 nitrogen and oxygen atoms in total. The molecular weight excluding hydrogens is 444 g/mol. The highest BCUT2D eigenvalue weighted by Crippen LogP contribution is 2.27. The number of hydrogen-bond acceptors (Lipinski definition) is 5. The van der Waals surface area contributed by atoms with Crippen LogP contribution in [0.2, 0.25) is 0 Å². The van der Waals surface area contributed by atoms with E-state index >= 15 is 0 Å². The van der Waals surface area contributed by atoms with Gasteiger partial charge in [0.25, 0.3) is 11.8 Å². The number of carbonyl (C=O) groups excluding carboxylic acids is 2. The highest BCUT2D eigenvalue weighted by atomic mass is 16.5. The summed E-state index contributed by atoms with van der Waals surface area (Å²) in [6, 6.07) is 23.5. The van der Waals surface area contributed by atoms with E-state index in [1.165, 1.54) is 7.11 Å². The summed E-state index contributed by atoms with van der Waals surface area (Å²) in [6.07, 6.45) is 3.48. The molecule has 1 N–H and O–H groups in total. The summed E-state index contributed by atoms with van der Waals surface area (Å²) >= 11 is 0. The van der Waals surface area contributed by atoms with E-state index in [4.69, 9.17) is 9.47 Å². The van der Waals surface area contributed by atoms with Gasteiger partial charge in [-0.3, -0.25) is 19.2 Å². The van der Waals surface area contributed by atoms with Gasteiger partial charge >= 0.3 is 0 Å². The number of aromatic nitrogens is 2. The van der Waals surface area contributed by atoms with E-state index in [2.05, 4.69) is 10.4 Å². The summed E-state index contributed by atoms with van der Waals surface area (Å²) in [5.41, 5.74) is 2.53. The molecule has 0 radical (unpaired) electrons. The first-order chi connectivity index (χ1) is 17.1. The van der Waals surface area contributed by atoms with Gasteiger partial charge in [0.2, 0.25) is 0 Å². The summed E-state index contributed by atoms with van der Waals surface area (Å²) in [5.74, 6) is 0.603. The van der Waals surface area contributed by atoms with Crippen molar-refractivity contribution in [1.29, 1.82) is 0 Å². The Morgan fingerprint density at radius 1 is 0.886 bits per heavy atom. The lowest BCUT2D eigenvalue weighted by Crippen LogP contribution is -2.33. The van der Waals surface area contributed by atoms with Gasteiger partial charge in [-0.15, -0.1) is 0 Å². The Labute approximate surface area is 203 Å². The maximum Gasteiger partial charge on any atom is 0.259 e. The van der Waals surface area contributed by atoms with E-state index in [0.717, 1.165) is 11.3 Å². The molecule has 3 aromatic carbocycles. The summed E-state index contributed by atoms with van der Waals surface area (Å²) in [6.45, 7) is 0.537. The van der Waals surface area contributed by atoms with Crippen LogP contribution in [0.1, 0.15) is 26.3 Å². The highest BCUT2D eigenvalue weighted by molar-refractivity contribution is 6.05. The van der Waals surface area contributed by atoms with Crippen molar-refractivity contribution in [2.45, 2.75) is 13.2 Å². The van der Waals surface area contributed by atoms with Gasteiger partial charge in [0.1, 0.15) is 6.67 Å². The minimum absolute atomic E-state index is 0.167. The van der Waals surface area contributed by atoms with E-state index in [1.54, 1.807) is 53.2 Å². The third-order valence-corrected chi connectivity index (χ3v) is 5.43. The van der Waals surface area contributed by atoms with Gasteiger partial charge in [-0.1, -0.05) is 30.3 Å². The molecule has 0 spiro atoms. The van der Waals surface area contributed by atoms with E-state index in [-0.39, 0.29) is 25.0 Å². The molecule has 178 valence electrons. The van der Waals surface area contributed by atoms with E-state index in [1.807, 2.05) is 54.7 Å². The second-order valence-electron chi connectivity index (χ2n) is 7.71. The Morgan fingerprint density at radius 3 is 2.40 bits per heavy atom. The molecule has 0 unspecified atom stereocenters. The normalized spacial score (nSPS) is 10.5. The number of rotatable bonds is 9. The third-order valence-electron chi connectivity index (χ3n) is 5.43. The van der Waals surface area contributed by atoms with Crippen LogP contribution >= 0.6 is 0 Å². The monoisotopic (exact) mass is 470 g/mol. The Kier molecular flexibility index (Phi) is 7.42. The topological polar surface area (TPSA) is 85.7 Å². The van der Waals surface area contributed by atoms with Crippen LogP contribution in [0.5, 0.6) is 11.5 Å². The van der Waals surface area contributed by atoms with Crippen molar-refractivity contribution in [3.05, 3.63) is 108 Å². The molecule has 1 heterocycles. The number of hydrogen-bond donors (Lipinski definition) is 1. The van der Waals surface area contributed by atoms with Crippen LogP contribution in [0.15, 0.2) is 91.3 Å². The summed E-state index contributed by atoms with van der Waals surface area (Å²) in [7, 11) is 3.06. The van der Waals surface area contributed by atoms with Gasteiger partial charge in [-0.25, -0.2) is 0 Å². The molecule has 8 heteroatoms. The van der Waals surface area contributed by atoms with E-state index in [0.29, 0.717) is 22.6 Å². The molecule has 1 aromatic heterocycles. The maximum atomic E-state index is 13.5. The SMILES string of the molecule is COc1ccc(C(=O)NCc2cccc(C(=O)N(Cn3cccn3)c3ccccc3)c2)cc1OC. The minimum Gasteiger partial charge on any atom is -0.493 e. The fraction of sp³-hybridized carbons (Fsp3) is 0.148. The standard InChI is InChI=1S/C27H26N4O4/c1-34-24-13-12-21(17-25(24)35-2)26(32)28-18-20-8-6-9-22(16-20)27(33)31(19-30-15-7-14-29-30)23-10-4-3-5-11-23/h3-17H,18-19H2,1-2H3,(H,28,32). The predicted molar refractivity (Wildman–Crippen MR) is 133 cm³/mol. The molecule has 4 rings (SSSR count). The molecule has 0 bridgehead atoms. The van der Waals surface area contributed by atoms with Crippen LogP contribution in [0, 0.1) is 0 Å². The van der Waals surface area contributed by atoms with Crippen LogP contribution in [0.4, 0.5) is 5.69 Å². The first-order valence-corrected chi connectivity index (χ1v) is 11.0. The molecule has 0 saturated heterocycles. The Hall–Kier alpha value is -4.59. The molecule has 0 aliphatic rings. The zero-order chi connectivity index (χ0) is 24.6. The smallest absolute Gasteiger partial charge is 0.259 e. The number of amides is 2. The molecule has 4 aromatic rings. The quantitative estimate of drug-likeness (QED) is 0.398. The van der Waals surface area contributed by atoms with Crippen LogP contribution in [0.3, 0.4) is 0 Å². The van der Waals surface area contributed by atoms with Gasteiger partial charge in [-0.2, -0.15) is 5.10 Å². The van der Waals surface area contributed by atoms with Crippen molar-refractivity contribution in [1.82, 2.24) is 15.1 Å². The van der Waals surface area contributed by atoms with Crippen molar-refractivity contribution < 1.29 is 19.1 Å². The Bertz CT molecular complexity index is 1290. The van der Waals surface area contributed by atoms with Crippen molar-refractivity contribution in [2.24, 2.45) is 0 Å². The second-order valence-corrected chi connectivity index (χ2v) is 7.71. The fourth-order valence-electron chi connectivity index (χ4n) is 3.63. The number of methoxy groups -OCH3 is 2. The van der Waals surface area contributed by atoms with Gasteiger partial charge in [0, 0.05) is 35.8 Å². The summed E-state index contributed by atoms with van der Waals surface area (Å²) in [4.78, 5) is 27.8. The number of para-hydroxylation sites is 1. The number of anilines is 1. The summed E-state index contributed by atoms with van der Waals surface area (Å²) < 4.78 is 12.2. The second kappa shape index (κ2) is 11.0. The maximum absolute atomic E-state index is 13.5. The van der Waals surface area contributed by atoms with Gasteiger partial charge in [0.05, 0.1) is 14.2 Å². The highest BCUT2D eigenvalue weighted by Gasteiger charge is 2.19. The lowest BCUT2D eigenvalue weighted by Gasteiger charge is -2.23. The van der Waals surface area contributed by atoms with E-state index in [9.17, 15) is 9.59 Å². The lowest BCUT2D eigenvalue weighted by molar-refractivity contribution is 0.0949. The molecule has 0 aliphatic carbocycles. The van der Waals surface area contributed by atoms with Crippen molar-refractivity contribution >= 4 is 17.5 Å². The minimum atomic E-state index is -0.257. The number of benzene rings is 3. The van der Waals surface area contributed by atoms with Crippen molar-refractivity contribution in [3.8, 4) is 11.5 Å². The van der Waals surface area contributed by atoms with Crippen molar-refractivity contribution in [2.75, 3.05) is 19.1 Å². The first kappa shape index (κ1) is 23.6. The molecule has 0 fully saturated rings. The Balaban J connectivity index is 1.49. The van der Waals surface area contributed by atoms with Crippen LogP contribution in [-0.4, -0.2) is 35.8 Å². The third kappa shape index (κ3) is 5.67. The Morgan fingerprint density at radius 2 is 1.69 bits per heavy atom. The molecular formula is C27H26N4O4.